The van der Waals surface area contributed by atoms with Gasteiger partial charge >= 0.3 is 0 Å². The number of hydrogen-bond donors (Lipinski definition) is 0. The fourth-order valence-corrected chi connectivity index (χ4v) is 3.85. The summed E-state index contributed by atoms with van der Waals surface area (Å²) in [5, 5.41) is 0.741. The van der Waals surface area contributed by atoms with E-state index in [1.807, 2.05) is 35.2 Å². The van der Waals surface area contributed by atoms with Crippen molar-refractivity contribution in [1.82, 2.24) is 9.88 Å². The van der Waals surface area contributed by atoms with Crippen LogP contribution in [0.4, 0.5) is 11.5 Å². The number of nitrogens with zero attached hydrogens (tertiary/aromatic N) is 4. The third-order valence-corrected chi connectivity index (χ3v) is 5.40. The molecule has 0 bridgehead atoms. The number of piperazine rings is 1. The zero-order chi connectivity index (χ0) is 17.9. The van der Waals surface area contributed by atoms with Crippen LogP contribution in [-0.4, -0.2) is 55.1 Å². The summed E-state index contributed by atoms with van der Waals surface area (Å²) in [6.45, 7) is 5.16. The second-order valence-corrected chi connectivity index (χ2v) is 7.29. The quantitative estimate of drug-likeness (QED) is 0.831. The van der Waals surface area contributed by atoms with Gasteiger partial charge in [0.1, 0.15) is 5.82 Å². The molecule has 0 saturated carbocycles. The number of carbonyl (C=O) groups is 1. The zero-order valence-electron chi connectivity index (χ0n) is 14.8. The third kappa shape index (κ3) is 3.63. The second kappa shape index (κ2) is 7.54. The Labute approximate surface area is 159 Å². The highest BCUT2D eigenvalue weighted by molar-refractivity contribution is 6.30. The molecule has 0 unspecified atom stereocenters. The first-order valence-electron chi connectivity index (χ1n) is 9.21. The number of hydrogen-bond acceptors (Lipinski definition) is 4. The average molecular weight is 371 g/mol. The number of halogens is 1. The molecule has 2 fully saturated rings. The molecule has 2 aliphatic rings. The van der Waals surface area contributed by atoms with Gasteiger partial charge in [0.2, 0.25) is 0 Å². The predicted molar refractivity (Wildman–Crippen MR) is 105 cm³/mol. The molecule has 0 atom stereocenters. The molecule has 2 aliphatic heterocycles. The number of pyridine rings is 1. The van der Waals surface area contributed by atoms with Gasteiger partial charge in [0.15, 0.2) is 0 Å². The zero-order valence-corrected chi connectivity index (χ0v) is 15.5. The SMILES string of the molecule is O=C(c1ccc(N2CCCC2)nc1)N1CCN(c2cccc(Cl)c2)CC1. The predicted octanol–water partition coefficient (Wildman–Crippen LogP) is 3.30. The number of carbonyl (C=O) groups excluding carboxylic acids is 1. The van der Waals surface area contributed by atoms with E-state index in [0.717, 1.165) is 42.7 Å². The molecular weight excluding hydrogens is 348 g/mol. The molecule has 136 valence electrons. The minimum Gasteiger partial charge on any atom is -0.368 e. The van der Waals surface area contributed by atoms with Crippen molar-refractivity contribution < 1.29 is 4.79 Å². The van der Waals surface area contributed by atoms with Crippen molar-refractivity contribution >= 4 is 29.0 Å². The molecule has 0 N–H and O–H groups in total. The molecule has 0 aliphatic carbocycles. The Bertz CT molecular complexity index is 766. The number of aromatic nitrogens is 1. The molecule has 2 aromatic rings. The van der Waals surface area contributed by atoms with E-state index in [1.54, 1.807) is 6.20 Å². The summed E-state index contributed by atoms with van der Waals surface area (Å²) >= 11 is 6.08. The maximum Gasteiger partial charge on any atom is 0.255 e. The first kappa shape index (κ1) is 17.2. The molecule has 5 nitrogen and oxygen atoms in total. The molecule has 0 spiro atoms. The van der Waals surface area contributed by atoms with E-state index in [4.69, 9.17) is 11.6 Å². The highest BCUT2D eigenvalue weighted by Crippen LogP contribution is 2.22. The number of benzene rings is 1. The van der Waals surface area contributed by atoms with Crippen molar-refractivity contribution in [2.75, 3.05) is 49.1 Å². The molecule has 1 aromatic heterocycles. The number of rotatable bonds is 3. The van der Waals surface area contributed by atoms with Crippen LogP contribution >= 0.6 is 11.6 Å². The van der Waals surface area contributed by atoms with Crippen molar-refractivity contribution in [2.45, 2.75) is 12.8 Å². The van der Waals surface area contributed by atoms with E-state index < -0.39 is 0 Å². The van der Waals surface area contributed by atoms with Crippen molar-refractivity contribution in [3.63, 3.8) is 0 Å². The Morgan fingerprint density at radius 2 is 1.69 bits per heavy atom. The Morgan fingerprint density at radius 3 is 2.35 bits per heavy atom. The van der Waals surface area contributed by atoms with Gasteiger partial charge in [-0.1, -0.05) is 17.7 Å². The van der Waals surface area contributed by atoms with Crippen molar-refractivity contribution in [3.8, 4) is 0 Å². The maximum absolute atomic E-state index is 12.8. The first-order chi connectivity index (χ1) is 12.7. The van der Waals surface area contributed by atoms with Gasteiger partial charge in [0.25, 0.3) is 5.91 Å². The minimum atomic E-state index is 0.0659. The molecule has 3 heterocycles. The van der Waals surface area contributed by atoms with Crippen LogP contribution in [0.3, 0.4) is 0 Å². The van der Waals surface area contributed by atoms with Crippen LogP contribution in [0.1, 0.15) is 23.2 Å². The van der Waals surface area contributed by atoms with Gasteiger partial charge in [-0.15, -0.1) is 0 Å². The van der Waals surface area contributed by atoms with Crippen LogP contribution in [-0.2, 0) is 0 Å². The summed E-state index contributed by atoms with van der Waals surface area (Å²) in [4.78, 5) is 23.7. The third-order valence-electron chi connectivity index (χ3n) is 5.17. The maximum atomic E-state index is 12.8. The molecule has 1 aromatic carbocycles. The van der Waals surface area contributed by atoms with Crippen LogP contribution in [0.15, 0.2) is 42.6 Å². The highest BCUT2D eigenvalue weighted by atomic mass is 35.5. The standard InChI is InChI=1S/C20H23ClN4O/c21-17-4-3-5-18(14-17)23-10-12-25(13-11-23)20(26)16-6-7-19(22-15-16)24-8-1-2-9-24/h3-7,14-15H,1-2,8-13H2. The topological polar surface area (TPSA) is 39.7 Å². The smallest absolute Gasteiger partial charge is 0.255 e. The minimum absolute atomic E-state index is 0.0659. The summed E-state index contributed by atoms with van der Waals surface area (Å²) in [7, 11) is 0. The lowest BCUT2D eigenvalue weighted by Crippen LogP contribution is -2.48. The van der Waals surface area contributed by atoms with Gasteiger partial charge < -0.3 is 14.7 Å². The van der Waals surface area contributed by atoms with Crippen molar-refractivity contribution in [1.29, 1.82) is 0 Å². The Kier molecular flexibility index (Phi) is 4.98. The van der Waals surface area contributed by atoms with Crippen LogP contribution in [0.25, 0.3) is 0 Å². The lowest BCUT2D eigenvalue weighted by atomic mass is 10.2. The number of anilines is 2. The Hall–Kier alpha value is -2.27. The van der Waals surface area contributed by atoms with E-state index in [1.165, 1.54) is 12.8 Å². The fraction of sp³-hybridized carbons (Fsp3) is 0.400. The van der Waals surface area contributed by atoms with Crippen LogP contribution in [0, 0.1) is 0 Å². The Morgan fingerprint density at radius 1 is 0.923 bits per heavy atom. The van der Waals surface area contributed by atoms with E-state index in [9.17, 15) is 4.79 Å². The van der Waals surface area contributed by atoms with Crippen molar-refractivity contribution in [2.24, 2.45) is 0 Å². The van der Waals surface area contributed by atoms with E-state index >= 15 is 0 Å². The van der Waals surface area contributed by atoms with Gasteiger partial charge in [0.05, 0.1) is 5.56 Å². The molecule has 1 amide bonds. The van der Waals surface area contributed by atoms with Gasteiger partial charge in [-0.3, -0.25) is 4.79 Å². The summed E-state index contributed by atoms with van der Waals surface area (Å²) < 4.78 is 0. The Balaban J connectivity index is 1.37. The average Bonchev–Trinajstić information content (AvgIpc) is 3.23. The molecule has 4 rings (SSSR count). The fourth-order valence-electron chi connectivity index (χ4n) is 3.67. The number of amides is 1. The molecule has 26 heavy (non-hydrogen) atoms. The monoisotopic (exact) mass is 370 g/mol. The second-order valence-electron chi connectivity index (χ2n) is 6.86. The summed E-state index contributed by atoms with van der Waals surface area (Å²) in [5.41, 5.74) is 1.78. The first-order valence-corrected chi connectivity index (χ1v) is 9.59. The molecule has 0 radical (unpaired) electrons. The summed E-state index contributed by atoms with van der Waals surface area (Å²) in [5.74, 6) is 1.04. The lowest BCUT2D eigenvalue weighted by Gasteiger charge is -2.36. The normalized spacial score (nSPS) is 17.7. The van der Waals surface area contributed by atoms with Crippen LogP contribution < -0.4 is 9.80 Å². The van der Waals surface area contributed by atoms with Gasteiger partial charge in [-0.05, 0) is 43.2 Å². The van der Waals surface area contributed by atoms with Crippen LogP contribution in [0.5, 0.6) is 0 Å². The van der Waals surface area contributed by atoms with Gasteiger partial charge in [0, 0.05) is 56.2 Å². The van der Waals surface area contributed by atoms with E-state index in [2.05, 4.69) is 20.9 Å². The molecular formula is C20H23ClN4O. The summed E-state index contributed by atoms with van der Waals surface area (Å²) in [6, 6.07) is 11.8. The molecule has 2 saturated heterocycles. The summed E-state index contributed by atoms with van der Waals surface area (Å²) in [6.07, 6.45) is 4.16. The van der Waals surface area contributed by atoms with Gasteiger partial charge in [-0.25, -0.2) is 4.98 Å². The molecule has 6 heteroatoms. The largest absolute Gasteiger partial charge is 0.368 e. The van der Waals surface area contributed by atoms with Crippen LogP contribution in [0.2, 0.25) is 5.02 Å². The van der Waals surface area contributed by atoms with Crippen molar-refractivity contribution in [3.05, 3.63) is 53.2 Å². The lowest BCUT2D eigenvalue weighted by molar-refractivity contribution is 0.0746. The highest BCUT2D eigenvalue weighted by Gasteiger charge is 2.23. The van der Waals surface area contributed by atoms with E-state index in [0.29, 0.717) is 18.7 Å². The van der Waals surface area contributed by atoms with E-state index in [-0.39, 0.29) is 5.91 Å². The van der Waals surface area contributed by atoms with Gasteiger partial charge in [-0.2, -0.15) is 0 Å².